The molecule has 0 spiro atoms. The van der Waals surface area contributed by atoms with Crippen molar-refractivity contribution in [1.29, 1.82) is 0 Å². The SMILES string of the molecule is N[C@@H](Cc1cc([P+](=O)[O-])co1)C(=O)O. The molecule has 0 amide bonds. The maximum atomic E-state index is 10.5. The van der Waals surface area contributed by atoms with Crippen LogP contribution in [0.3, 0.4) is 0 Å². The Kier molecular flexibility index (Phi) is 3.35. The van der Waals surface area contributed by atoms with Crippen molar-refractivity contribution in [3.8, 4) is 0 Å². The number of furan rings is 1. The van der Waals surface area contributed by atoms with E-state index in [1.165, 1.54) is 6.07 Å². The van der Waals surface area contributed by atoms with Crippen LogP contribution in [0.5, 0.6) is 0 Å². The van der Waals surface area contributed by atoms with Crippen LogP contribution in [0.4, 0.5) is 0 Å². The molecule has 2 atom stereocenters. The second kappa shape index (κ2) is 4.32. The van der Waals surface area contributed by atoms with Crippen LogP contribution in [0.1, 0.15) is 5.76 Å². The van der Waals surface area contributed by atoms with E-state index in [1.807, 2.05) is 0 Å². The standard InChI is InChI=1S/C7H8NO5P/c8-6(7(9)10)2-4-1-5(3-13-4)14(11)12/h1,3,6H,2,8H2,(H,9,10)/t6-/m0/s1. The van der Waals surface area contributed by atoms with E-state index in [9.17, 15) is 14.3 Å². The molecule has 0 aromatic carbocycles. The first-order valence-electron chi connectivity index (χ1n) is 3.71. The number of rotatable bonds is 4. The van der Waals surface area contributed by atoms with E-state index in [2.05, 4.69) is 0 Å². The molecule has 0 saturated heterocycles. The van der Waals surface area contributed by atoms with Crippen LogP contribution in [0.25, 0.3) is 0 Å². The molecule has 76 valence electrons. The van der Waals surface area contributed by atoms with E-state index < -0.39 is 20.0 Å². The molecule has 0 aliphatic heterocycles. The highest BCUT2D eigenvalue weighted by Gasteiger charge is 2.17. The van der Waals surface area contributed by atoms with Gasteiger partial charge in [0, 0.05) is 12.5 Å². The lowest BCUT2D eigenvalue weighted by molar-refractivity contribution is -0.160. The van der Waals surface area contributed by atoms with E-state index in [0.29, 0.717) is 0 Å². The van der Waals surface area contributed by atoms with Gasteiger partial charge in [0.05, 0.1) is 0 Å². The molecular formula is C7H8NO5P. The van der Waals surface area contributed by atoms with E-state index in [-0.39, 0.29) is 17.5 Å². The molecule has 3 N–H and O–H groups in total. The Labute approximate surface area is 80.2 Å². The number of aliphatic carboxylic acids is 1. The molecule has 0 saturated carbocycles. The normalized spacial score (nSPS) is 13.7. The minimum Gasteiger partial charge on any atom is -0.591 e. The zero-order valence-electron chi connectivity index (χ0n) is 7.04. The van der Waals surface area contributed by atoms with Crippen LogP contribution >= 0.6 is 8.03 Å². The highest BCUT2D eigenvalue weighted by molar-refractivity contribution is 7.45. The van der Waals surface area contributed by atoms with Crippen molar-refractivity contribution in [2.24, 2.45) is 5.73 Å². The fourth-order valence-electron chi connectivity index (χ4n) is 0.876. The van der Waals surface area contributed by atoms with Gasteiger partial charge < -0.3 is 20.2 Å². The molecule has 1 heterocycles. The molecule has 0 fully saturated rings. The molecule has 1 unspecified atom stereocenters. The summed E-state index contributed by atoms with van der Waals surface area (Å²) in [5, 5.41) is 8.49. The second-order valence-electron chi connectivity index (χ2n) is 2.68. The van der Waals surface area contributed by atoms with Gasteiger partial charge in [-0.2, -0.15) is 0 Å². The molecule has 0 aliphatic carbocycles. The quantitative estimate of drug-likeness (QED) is 0.622. The molecule has 0 aliphatic rings. The van der Waals surface area contributed by atoms with Crippen LogP contribution in [-0.4, -0.2) is 17.1 Å². The number of carboxylic acid groups (broad SMARTS) is 1. The predicted molar refractivity (Wildman–Crippen MR) is 45.3 cm³/mol. The van der Waals surface area contributed by atoms with Crippen LogP contribution in [0.15, 0.2) is 16.7 Å². The maximum absolute atomic E-state index is 10.5. The first-order valence-corrected chi connectivity index (χ1v) is 4.88. The van der Waals surface area contributed by atoms with Gasteiger partial charge in [0.2, 0.25) is 5.30 Å². The lowest BCUT2D eigenvalue weighted by Crippen LogP contribution is -2.32. The summed E-state index contributed by atoms with van der Waals surface area (Å²) in [4.78, 5) is 20.8. The lowest BCUT2D eigenvalue weighted by Gasteiger charge is -2.01. The summed E-state index contributed by atoms with van der Waals surface area (Å²) in [6, 6.07) is 0.174. The molecule has 1 rings (SSSR count). The van der Waals surface area contributed by atoms with Gasteiger partial charge in [-0.25, -0.2) is 0 Å². The second-order valence-corrected chi connectivity index (χ2v) is 3.71. The number of hydrogen-bond acceptors (Lipinski definition) is 5. The van der Waals surface area contributed by atoms with Crippen LogP contribution < -0.4 is 15.9 Å². The average molecular weight is 217 g/mol. The molecule has 1 aromatic rings. The summed E-state index contributed by atoms with van der Waals surface area (Å²) >= 11 is 0. The summed E-state index contributed by atoms with van der Waals surface area (Å²) in [6.07, 6.45) is 1.02. The van der Waals surface area contributed by atoms with Crippen molar-refractivity contribution in [2.45, 2.75) is 12.5 Å². The fraction of sp³-hybridized carbons (Fsp3) is 0.286. The van der Waals surface area contributed by atoms with Gasteiger partial charge in [0.25, 0.3) is 0 Å². The van der Waals surface area contributed by atoms with Crippen molar-refractivity contribution in [1.82, 2.24) is 0 Å². The highest BCUT2D eigenvalue weighted by Crippen LogP contribution is 2.11. The van der Waals surface area contributed by atoms with Gasteiger partial charge in [0.15, 0.2) is 0 Å². The third kappa shape index (κ3) is 2.63. The molecule has 6 nitrogen and oxygen atoms in total. The number of carbonyl (C=O) groups is 1. The summed E-state index contributed by atoms with van der Waals surface area (Å²) in [5.41, 5.74) is 5.22. The molecule has 0 radical (unpaired) electrons. The van der Waals surface area contributed by atoms with Gasteiger partial charge >= 0.3 is 14.0 Å². The van der Waals surface area contributed by atoms with E-state index >= 15 is 0 Å². The maximum Gasteiger partial charge on any atom is 0.352 e. The van der Waals surface area contributed by atoms with Crippen molar-refractivity contribution in [3.63, 3.8) is 0 Å². The summed E-state index contributed by atoms with van der Waals surface area (Å²) in [7, 11) is -2.70. The van der Waals surface area contributed by atoms with Crippen molar-refractivity contribution in [2.75, 3.05) is 0 Å². The molecule has 14 heavy (non-hydrogen) atoms. The fourth-order valence-corrected chi connectivity index (χ4v) is 1.26. The number of carboxylic acids is 1. The van der Waals surface area contributed by atoms with Crippen LogP contribution in [-0.2, 0) is 15.8 Å². The molecule has 7 heteroatoms. The highest BCUT2D eigenvalue weighted by atomic mass is 31.1. The molecule has 1 aromatic heterocycles. The minimum atomic E-state index is -2.70. The number of nitrogens with two attached hydrogens (primary N) is 1. The van der Waals surface area contributed by atoms with Gasteiger partial charge in [-0.1, -0.05) is 4.57 Å². The van der Waals surface area contributed by atoms with Gasteiger partial charge in [-0.15, -0.1) is 0 Å². The van der Waals surface area contributed by atoms with E-state index in [0.717, 1.165) is 6.26 Å². The van der Waals surface area contributed by atoms with Crippen molar-refractivity contribution >= 4 is 19.3 Å². The van der Waals surface area contributed by atoms with Crippen LogP contribution in [0, 0.1) is 0 Å². The first kappa shape index (κ1) is 10.8. The monoisotopic (exact) mass is 217 g/mol. The van der Waals surface area contributed by atoms with Crippen molar-refractivity contribution in [3.05, 3.63) is 18.1 Å². The van der Waals surface area contributed by atoms with Gasteiger partial charge in [-0.3, -0.25) is 4.79 Å². The zero-order chi connectivity index (χ0) is 10.7. The third-order valence-electron chi connectivity index (χ3n) is 1.59. The van der Waals surface area contributed by atoms with Crippen LogP contribution in [0.2, 0.25) is 0 Å². The Balaban J connectivity index is 2.69. The van der Waals surface area contributed by atoms with E-state index in [1.54, 1.807) is 0 Å². The zero-order valence-corrected chi connectivity index (χ0v) is 7.94. The average Bonchev–Trinajstić information content (AvgIpc) is 2.52. The predicted octanol–water partition coefficient (Wildman–Crippen LogP) is -1.04. The topological polar surface area (TPSA) is 117 Å². The van der Waals surface area contributed by atoms with Gasteiger partial charge in [0.1, 0.15) is 18.1 Å². The Bertz CT molecular complexity index is 361. The first-order chi connectivity index (χ1) is 6.50. The molecular weight excluding hydrogens is 209 g/mol. The lowest BCUT2D eigenvalue weighted by atomic mass is 10.2. The summed E-state index contributed by atoms with van der Waals surface area (Å²) < 4.78 is 15.3. The summed E-state index contributed by atoms with van der Waals surface area (Å²) in [5.74, 6) is -0.913. The Morgan fingerprint density at radius 3 is 2.86 bits per heavy atom. The minimum absolute atomic E-state index is 0.0209. The molecule has 0 bridgehead atoms. The Morgan fingerprint density at radius 1 is 1.79 bits per heavy atom. The number of hydrogen-bond donors (Lipinski definition) is 2. The largest absolute Gasteiger partial charge is 0.591 e. The van der Waals surface area contributed by atoms with Crippen molar-refractivity contribution < 1.29 is 23.8 Å². The Morgan fingerprint density at radius 2 is 2.43 bits per heavy atom. The third-order valence-corrected chi connectivity index (χ3v) is 2.25. The Hall–Kier alpha value is -1.23. The smallest absolute Gasteiger partial charge is 0.352 e. The summed E-state index contributed by atoms with van der Waals surface area (Å²) in [6.45, 7) is 0. The van der Waals surface area contributed by atoms with Gasteiger partial charge in [-0.05, 0) is 0 Å². The van der Waals surface area contributed by atoms with E-state index in [4.69, 9.17) is 15.3 Å².